The lowest BCUT2D eigenvalue weighted by atomic mass is 9.92. The van der Waals surface area contributed by atoms with E-state index >= 15 is 0 Å². The first-order chi connectivity index (χ1) is 13.9. The van der Waals surface area contributed by atoms with Gasteiger partial charge in [-0.3, -0.25) is 9.59 Å². The molecule has 0 aliphatic carbocycles. The number of ether oxygens (including phenoxy) is 1. The maximum atomic E-state index is 12.6. The lowest BCUT2D eigenvalue weighted by Crippen LogP contribution is -2.48. The summed E-state index contributed by atoms with van der Waals surface area (Å²) in [6.45, 7) is 1.81. The molecule has 8 heteroatoms. The van der Waals surface area contributed by atoms with Crippen molar-refractivity contribution in [2.45, 2.75) is 32.3 Å². The minimum atomic E-state index is -2.88. The third-order valence-corrected chi connectivity index (χ3v) is 5.77. The average molecular weight is 409 g/mol. The Morgan fingerprint density at radius 1 is 1.03 bits per heavy atom. The summed E-state index contributed by atoms with van der Waals surface area (Å²) in [4.78, 5) is 31.0. The second-order valence-corrected chi connectivity index (χ2v) is 7.92. The first kappa shape index (κ1) is 21.5. The van der Waals surface area contributed by atoms with Gasteiger partial charge in [0.05, 0.1) is 6.42 Å². The summed E-state index contributed by atoms with van der Waals surface area (Å²) in [7, 11) is 2.07. The highest BCUT2D eigenvalue weighted by molar-refractivity contribution is 5.79. The van der Waals surface area contributed by atoms with E-state index in [9.17, 15) is 18.4 Å². The third-order valence-electron chi connectivity index (χ3n) is 5.77. The Kier molecular flexibility index (Phi) is 7.41. The summed E-state index contributed by atoms with van der Waals surface area (Å²) in [6.07, 6.45) is 2.35. The molecule has 2 fully saturated rings. The molecule has 6 nitrogen and oxygen atoms in total. The Labute approximate surface area is 170 Å². The number of piperazine rings is 1. The molecule has 29 heavy (non-hydrogen) atoms. The number of carbonyl (C=O) groups excluding carboxylic acids is 2. The topological polar surface area (TPSA) is 53.1 Å². The van der Waals surface area contributed by atoms with E-state index in [2.05, 4.69) is 16.7 Å². The predicted octanol–water partition coefficient (Wildman–Crippen LogP) is 2.23. The smallest absolute Gasteiger partial charge is 0.387 e. The van der Waals surface area contributed by atoms with E-state index in [-0.39, 0.29) is 24.0 Å². The van der Waals surface area contributed by atoms with Crippen molar-refractivity contribution in [1.82, 2.24) is 14.7 Å². The fraction of sp³-hybridized carbons (Fsp3) is 0.619. The van der Waals surface area contributed by atoms with E-state index in [0.717, 1.165) is 39.0 Å². The number of likely N-dealkylation sites (tertiary alicyclic amines) is 1. The zero-order valence-electron chi connectivity index (χ0n) is 16.9. The van der Waals surface area contributed by atoms with Gasteiger partial charge in [-0.25, -0.2) is 0 Å². The number of hydrogen-bond acceptors (Lipinski definition) is 4. The van der Waals surface area contributed by atoms with Crippen molar-refractivity contribution in [3.63, 3.8) is 0 Å². The van der Waals surface area contributed by atoms with Crippen LogP contribution >= 0.6 is 0 Å². The molecule has 0 spiro atoms. The Hall–Kier alpha value is -2.22. The van der Waals surface area contributed by atoms with Gasteiger partial charge in [-0.2, -0.15) is 8.78 Å². The van der Waals surface area contributed by atoms with E-state index in [4.69, 9.17) is 0 Å². The molecule has 2 aliphatic heterocycles. The summed E-state index contributed by atoms with van der Waals surface area (Å²) in [5.41, 5.74) is 0.653. The second-order valence-electron chi connectivity index (χ2n) is 7.92. The van der Waals surface area contributed by atoms with Gasteiger partial charge in [-0.15, -0.1) is 0 Å². The lowest BCUT2D eigenvalue weighted by Gasteiger charge is -2.35. The van der Waals surface area contributed by atoms with Gasteiger partial charge in [0.15, 0.2) is 0 Å². The van der Waals surface area contributed by atoms with Crippen molar-refractivity contribution in [2.24, 2.45) is 5.92 Å². The van der Waals surface area contributed by atoms with Gasteiger partial charge in [0, 0.05) is 45.7 Å². The monoisotopic (exact) mass is 409 g/mol. The Morgan fingerprint density at radius 2 is 1.69 bits per heavy atom. The summed E-state index contributed by atoms with van der Waals surface area (Å²) in [6, 6.07) is 6.27. The molecule has 0 radical (unpaired) electrons. The number of amides is 2. The predicted molar refractivity (Wildman–Crippen MR) is 105 cm³/mol. The van der Waals surface area contributed by atoms with E-state index < -0.39 is 6.61 Å². The van der Waals surface area contributed by atoms with Crippen LogP contribution in [0.4, 0.5) is 8.78 Å². The van der Waals surface area contributed by atoms with Gasteiger partial charge < -0.3 is 19.4 Å². The number of piperidine rings is 1. The van der Waals surface area contributed by atoms with Crippen LogP contribution in [0.1, 0.15) is 24.8 Å². The number of likely N-dealkylation sites (N-methyl/N-ethyl adjacent to an activating group) is 1. The summed E-state index contributed by atoms with van der Waals surface area (Å²) < 4.78 is 29.1. The van der Waals surface area contributed by atoms with Gasteiger partial charge in [-0.05, 0) is 43.5 Å². The van der Waals surface area contributed by atoms with Gasteiger partial charge in [0.2, 0.25) is 11.8 Å². The highest BCUT2D eigenvalue weighted by atomic mass is 19.3. The summed E-state index contributed by atoms with van der Waals surface area (Å²) in [5, 5.41) is 0. The van der Waals surface area contributed by atoms with Crippen LogP contribution in [-0.2, 0) is 16.0 Å². The molecule has 2 amide bonds. The van der Waals surface area contributed by atoms with Crippen molar-refractivity contribution < 1.29 is 23.1 Å². The lowest BCUT2D eigenvalue weighted by molar-refractivity contribution is -0.134. The van der Waals surface area contributed by atoms with Crippen LogP contribution < -0.4 is 4.74 Å². The number of alkyl halides is 2. The van der Waals surface area contributed by atoms with E-state index in [1.807, 2.05) is 4.90 Å². The molecule has 2 saturated heterocycles. The molecule has 0 N–H and O–H groups in total. The average Bonchev–Trinajstić information content (AvgIpc) is 2.68. The van der Waals surface area contributed by atoms with Crippen LogP contribution in [-0.4, -0.2) is 79.4 Å². The molecular formula is C21H29F2N3O3. The van der Waals surface area contributed by atoms with Crippen LogP contribution in [0, 0.1) is 5.92 Å². The molecule has 160 valence electrons. The number of hydrogen-bond donors (Lipinski definition) is 0. The zero-order valence-corrected chi connectivity index (χ0v) is 16.9. The quantitative estimate of drug-likeness (QED) is 0.723. The second kappa shape index (κ2) is 10.0. The highest BCUT2D eigenvalue weighted by Crippen LogP contribution is 2.23. The number of carbonyl (C=O) groups is 2. The Morgan fingerprint density at radius 3 is 2.34 bits per heavy atom. The minimum Gasteiger partial charge on any atom is -0.435 e. The molecule has 3 rings (SSSR count). The SMILES string of the molecule is CN1CCN(C(=O)CC2CCN(C(=O)Cc3cccc(OC(F)F)c3)CC2)CC1. The fourth-order valence-corrected chi connectivity index (χ4v) is 3.94. The molecule has 0 atom stereocenters. The highest BCUT2D eigenvalue weighted by Gasteiger charge is 2.27. The number of halogens is 2. The number of nitrogens with zero attached hydrogens (tertiary/aromatic N) is 3. The van der Waals surface area contributed by atoms with Crippen molar-refractivity contribution in [1.29, 1.82) is 0 Å². The molecular weight excluding hydrogens is 380 g/mol. The third kappa shape index (κ3) is 6.39. The Balaban J connectivity index is 1.43. The van der Waals surface area contributed by atoms with Crippen LogP contribution in [0.15, 0.2) is 24.3 Å². The van der Waals surface area contributed by atoms with Crippen LogP contribution in [0.25, 0.3) is 0 Å². The molecule has 0 bridgehead atoms. The fourth-order valence-electron chi connectivity index (χ4n) is 3.94. The molecule has 0 saturated carbocycles. The van der Waals surface area contributed by atoms with Crippen LogP contribution in [0.3, 0.4) is 0 Å². The van der Waals surface area contributed by atoms with E-state index in [1.165, 1.54) is 12.1 Å². The number of benzene rings is 1. The summed E-state index contributed by atoms with van der Waals surface area (Å²) in [5.74, 6) is 0.571. The van der Waals surface area contributed by atoms with Crippen LogP contribution in [0.2, 0.25) is 0 Å². The standard InChI is InChI=1S/C21H29F2N3O3/c1-24-9-11-26(12-10-24)19(27)14-16-5-7-25(8-6-16)20(28)15-17-3-2-4-18(13-17)29-21(22)23/h2-4,13,16,21H,5-12,14-15H2,1H3. The van der Waals surface area contributed by atoms with Crippen LogP contribution in [0.5, 0.6) is 5.75 Å². The van der Waals surface area contributed by atoms with E-state index in [1.54, 1.807) is 17.0 Å². The van der Waals surface area contributed by atoms with E-state index in [0.29, 0.717) is 31.0 Å². The van der Waals surface area contributed by atoms with Crippen molar-refractivity contribution in [3.8, 4) is 5.75 Å². The normalized spacial score (nSPS) is 18.9. The Bertz CT molecular complexity index is 700. The molecule has 1 aromatic carbocycles. The molecule has 2 aliphatic rings. The zero-order chi connectivity index (χ0) is 20.8. The number of rotatable bonds is 6. The minimum absolute atomic E-state index is 0.0250. The molecule has 0 aromatic heterocycles. The van der Waals surface area contributed by atoms with Crippen molar-refractivity contribution in [3.05, 3.63) is 29.8 Å². The van der Waals surface area contributed by atoms with Crippen molar-refractivity contribution in [2.75, 3.05) is 46.3 Å². The maximum Gasteiger partial charge on any atom is 0.387 e. The maximum absolute atomic E-state index is 12.6. The van der Waals surface area contributed by atoms with Gasteiger partial charge in [0.1, 0.15) is 5.75 Å². The summed E-state index contributed by atoms with van der Waals surface area (Å²) >= 11 is 0. The van der Waals surface area contributed by atoms with Crippen molar-refractivity contribution >= 4 is 11.8 Å². The van der Waals surface area contributed by atoms with Gasteiger partial charge in [0.25, 0.3) is 0 Å². The first-order valence-electron chi connectivity index (χ1n) is 10.2. The molecule has 2 heterocycles. The molecule has 1 aromatic rings. The largest absolute Gasteiger partial charge is 0.435 e. The molecule has 0 unspecified atom stereocenters. The first-order valence-corrected chi connectivity index (χ1v) is 10.2. The van der Waals surface area contributed by atoms with Gasteiger partial charge >= 0.3 is 6.61 Å². The van der Waals surface area contributed by atoms with Gasteiger partial charge in [-0.1, -0.05) is 12.1 Å².